The summed E-state index contributed by atoms with van der Waals surface area (Å²) in [7, 11) is 0. The lowest BCUT2D eigenvalue weighted by Crippen LogP contribution is -2.43. The molecule has 1 saturated heterocycles. The molecule has 1 aliphatic rings. The summed E-state index contributed by atoms with van der Waals surface area (Å²) in [6, 6.07) is 0. The fourth-order valence-corrected chi connectivity index (χ4v) is 2.26. The third kappa shape index (κ3) is 7.11. The second-order valence-electron chi connectivity index (χ2n) is 5.16. The van der Waals surface area contributed by atoms with Crippen molar-refractivity contribution in [3.8, 4) is 0 Å². The number of halogens is 3. The van der Waals surface area contributed by atoms with Crippen LogP contribution in [0.25, 0.3) is 0 Å². The van der Waals surface area contributed by atoms with Crippen molar-refractivity contribution < 1.29 is 32.6 Å². The van der Waals surface area contributed by atoms with Crippen LogP contribution in [-0.2, 0) is 14.3 Å². The zero-order valence-electron chi connectivity index (χ0n) is 13.0. The van der Waals surface area contributed by atoms with Crippen molar-refractivity contribution in [3.05, 3.63) is 0 Å². The first-order valence-corrected chi connectivity index (χ1v) is 7.37. The number of carboxylic acids is 1. The van der Waals surface area contributed by atoms with Crippen molar-refractivity contribution in [2.45, 2.75) is 52.1 Å². The molecule has 5 nitrogen and oxygen atoms in total. The molecule has 1 fully saturated rings. The van der Waals surface area contributed by atoms with Crippen LogP contribution in [0.4, 0.5) is 13.2 Å². The molecule has 0 radical (unpaired) electrons. The van der Waals surface area contributed by atoms with Crippen LogP contribution in [0.5, 0.6) is 0 Å². The summed E-state index contributed by atoms with van der Waals surface area (Å²) < 4.78 is 37.0. The van der Waals surface area contributed by atoms with Gasteiger partial charge >= 0.3 is 18.1 Å². The second kappa shape index (κ2) is 9.66. The van der Waals surface area contributed by atoms with Crippen molar-refractivity contribution in [3.63, 3.8) is 0 Å². The number of ether oxygens (including phenoxy) is 1. The van der Waals surface area contributed by atoms with Crippen molar-refractivity contribution >= 4 is 11.9 Å². The monoisotopic (exact) mass is 327 g/mol. The number of hydrogen-bond donors (Lipinski definition) is 2. The van der Waals surface area contributed by atoms with Crippen LogP contribution in [0.3, 0.4) is 0 Å². The number of hydrogen-bond acceptors (Lipinski definition) is 4. The Morgan fingerprint density at radius 1 is 1.23 bits per heavy atom. The number of esters is 1. The molecule has 1 heterocycles. The summed E-state index contributed by atoms with van der Waals surface area (Å²) in [5.74, 6) is -2.73. The molecule has 0 amide bonds. The molecule has 0 atom stereocenters. The largest absolute Gasteiger partial charge is 0.490 e. The number of nitrogens with one attached hydrogen (secondary N) is 1. The highest BCUT2D eigenvalue weighted by molar-refractivity contribution is 5.77. The molecule has 0 aliphatic carbocycles. The molecule has 0 aromatic carbocycles. The Morgan fingerprint density at radius 3 is 2.09 bits per heavy atom. The zero-order valence-corrected chi connectivity index (χ0v) is 13.0. The van der Waals surface area contributed by atoms with Crippen LogP contribution in [0.15, 0.2) is 0 Å². The van der Waals surface area contributed by atoms with Gasteiger partial charge in [-0.1, -0.05) is 19.8 Å². The van der Waals surface area contributed by atoms with E-state index in [1.165, 1.54) is 0 Å². The summed E-state index contributed by atoms with van der Waals surface area (Å²) in [5, 5.41) is 10.4. The lowest BCUT2D eigenvalue weighted by Gasteiger charge is -2.35. The molecule has 0 spiro atoms. The molecule has 0 unspecified atom stereocenters. The van der Waals surface area contributed by atoms with E-state index in [9.17, 15) is 18.0 Å². The zero-order chi connectivity index (χ0) is 17.2. The Hall–Kier alpha value is -1.31. The first-order chi connectivity index (χ1) is 10.2. The first-order valence-electron chi connectivity index (χ1n) is 7.37. The fourth-order valence-electron chi connectivity index (χ4n) is 2.26. The van der Waals surface area contributed by atoms with Crippen LogP contribution < -0.4 is 5.32 Å². The number of alkyl halides is 3. The van der Waals surface area contributed by atoms with Gasteiger partial charge in [0.15, 0.2) is 0 Å². The average Bonchev–Trinajstić information content (AvgIpc) is 2.46. The third-order valence-electron chi connectivity index (χ3n) is 3.52. The molecule has 2 N–H and O–H groups in total. The Bertz CT molecular complexity index is 352. The molecule has 0 saturated carbocycles. The number of carbonyl (C=O) groups excluding carboxylic acids is 1. The van der Waals surface area contributed by atoms with Gasteiger partial charge in [0, 0.05) is 0 Å². The highest BCUT2D eigenvalue weighted by atomic mass is 19.4. The second-order valence-corrected chi connectivity index (χ2v) is 5.16. The van der Waals surface area contributed by atoms with E-state index in [1.54, 1.807) is 0 Å². The molecule has 0 aromatic rings. The van der Waals surface area contributed by atoms with Crippen LogP contribution in [0.1, 0.15) is 46.0 Å². The Morgan fingerprint density at radius 2 is 1.73 bits per heavy atom. The normalized spacial score (nSPS) is 17.1. The lowest BCUT2D eigenvalue weighted by atomic mass is 9.75. The Labute approximate surface area is 128 Å². The van der Waals surface area contributed by atoms with Gasteiger partial charge < -0.3 is 15.2 Å². The van der Waals surface area contributed by atoms with Crippen molar-refractivity contribution in [2.75, 3.05) is 19.7 Å². The first kappa shape index (κ1) is 20.7. The van der Waals surface area contributed by atoms with Crippen molar-refractivity contribution in [1.82, 2.24) is 5.32 Å². The summed E-state index contributed by atoms with van der Waals surface area (Å²) >= 11 is 0. The van der Waals surface area contributed by atoms with Crippen molar-refractivity contribution in [2.24, 2.45) is 5.41 Å². The van der Waals surface area contributed by atoms with Gasteiger partial charge in [-0.15, -0.1) is 0 Å². The number of rotatable bonds is 5. The van der Waals surface area contributed by atoms with Gasteiger partial charge in [-0.2, -0.15) is 13.2 Å². The third-order valence-corrected chi connectivity index (χ3v) is 3.52. The van der Waals surface area contributed by atoms with Gasteiger partial charge in [-0.05, 0) is 39.3 Å². The fraction of sp³-hybridized carbons (Fsp3) is 0.857. The van der Waals surface area contributed by atoms with E-state index in [1.807, 2.05) is 6.92 Å². The molecule has 0 aromatic heterocycles. The smallest absolute Gasteiger partial charge is 0.475 e. The highest BCUT2D eigenvalue weighted by Gasteiger charge is 2.40. The topological polar surface area (TPSA) is 75.6 Å². The van der Waals surface area contributed by atoms with Gasteiger partial charge in [0.1, 0.15) is 0 Å². The summed E-state index contributed by atoms with van der Waals surface area (Å²) in [6.45, 7) is 6.44. The molecule has 0 bridgehead atoms. The highest BCUT2D eigenvalue weighted by Crippen LogP contribution is 2.35. The minimum absolute atomic E-state index is 0.0277. The number of carbonyl (C=O) groups is 2. The average molecular weight is 327 g/mol. The maximum absolute atomic E-state index is 12.0. The number of carboxylic acid groups (broad SMARTS) is 1. The minimum atomic E-state index is -5.08. The van der Waals surface area contributed by atoms with Gasteiger partial charge in [0.25, 0.3) is 0 Å². The minimum Gasteiger partial charge on any atom is -0.475 e. The quantitative estimate of drug-likeness (QED) is 0.760. The number of piperidine rings is 1. The van der Waals surface area contributed by atoms with Gasteiger partial charge in [-0.3, -0.25) is 4.79 Å². The molecular formula is C14H24F3NO4. The Kier molecular flexibility index (Phi) is 9.08. The number of aliphatic carboxylic acids is 1. The molecular weight excluding hydrogens is 303 g/mol. The van der Waals surface area contributed by atoms with E-state index in [4.69, 9.17) is 14.6 Å². The maximum atomic E-state index is 12.0. The summed E-state index contributed by atoms with van der Waals surface area (Å²) in [5.41, 5.74) is -0.183. The molecule has 130 valence electrons. The van der Waals surface area contributed by atoms with E-state index in [2.05, 4.69) is 12.2 Å². The molecule has 8 heteroatoms. The van der Waals surface area contributed by atoms with E-state index in [0.717, 1.165) is 45.2 Å². The maximum Gasteiger partial charge on any atom is 0.490 e. The van der Waals surface area contributed by atoms with Crippen LogP contribution in [0.2, 0.25) is 0 Å². The molecule has 1 aliphatic heterocycles. The number of unbranched alkanes of at least 4 members (excludes halogenated alkanes) is 1. The summed E-state index contributed by atoms with van der Waals surface area (Å²) in [4.78, 5) is 20.9. The van der Waals surface area contributed by atoms with E-state index in [0.29, 0.717) is 6.61 Å². The Balaban J connectivity index is 0.000000534. The van der Waals surface area contributed by atoms with Gasteiger partial charge in [0.05, 0.1) is 12.0 Å². The van der Waals surface area contributed by atoms with Crippen molar-refractivity contribution in [1.29, 1.82) is 0 Å². The predicted octanol–water partition coefficient (Wildman–Crippen LogP) is 2.74. The molecule has 22 heavy (non-hydrogen) atoms. The predicted molar refractivity (Wildman–Crippen MR) is 74.4 cm³/mol. The van der Waals surface area contributed by atoms with Crippen LogP contribution in [-0.4, -0.2) is 42.9 Å². The van der Waals surface area contributed by atoms with E-state index >= 15 is 0 Å². The van der Waals surface area contributed by atoms with Gasteiger partial charge in [-0.25, -0.2) is 4.79 Å². The molecule has 1 rings (SSSR count). The van der Waals surface area contributed by atoms with E-state index < -0.39 is 12.1 Å². The van der Waals surface area contributed by atoms with Gasteiger partial charge in [0.2, 0.25) is 0 Å². The standard InChI is InChI=1S/C12H23NO2.C2HF3O2/c1-3-5-6-12(11(14)15-4-2)7-9-13-10-8-12;3-2(4,5)1(6)7/h13H,3-10H2,1-2H3;(H,6,7). The van der Waals surface area contributed by atoms with Crippen LogP contribution in [0, 0.1) is 5.41 Å². The SMILES string of the molecule is CCCCC1(C(=O)OCC)CCNCC1.O=C(O)C(F)(F)F. The lowest BCUT2D eigenvalue weighted by molar-refractivity contribution is -0.192. The van der Waals surface area contributed by atoms with Crippen LogP contribution >= 0.6 is 0 Å². The summed E-state index contributed by atoms with van der Waals surface area (Å²) in [6.07, 6.45) is 0.0507. The van der Waals surface area contributed by atoms with E-state index in [-0.39, 0.29) is 11.4 Å².